The lowest BCUT2D eigenvalue weighted by Crippen LogP contribution is -1.25. The predicted molar refractivity (Wildman–Crippen MR) is 236 cm³/mol. The van der Waals surface area contributed by atoms with Crippen molar-refractivity contribution in [2.45, 2.75) is 0 Å². The summed E-state index contributed by atoms with van der Waals surface area (Å²) in [5, 5.41) is 203. The summed E-state index contributed by atoms with van der Waals surface area (Å²) in [6.07, 6.45) is 0. The van der Waals surface area contributed by atoms with Gasteiger partial charge in [0.1, 0.15) is 0 Å². The Morgan fingerprint density at radius 2 is 0.0517 bits per heavy atom. The highest BCUT2D eigenvalue weighted by Crippen LogP contribution is 0.810. The van der Waals surface area contributed by atoms with Gasteiger partial charge in [0, 0.05) is 206 Å². The lowest BCUT2D eigenvalue weighted by molar-refractivity contribution is 0.399. The molecule has 58 heavy (non-hydrogen) atoms. The maximum Gasteiger partial charge on any atom is 0.0319 e. The highest BCUT2D eigenvalue weighted by Gasteiger charge is 0.895. The van der Waals surface area contributed by atoms with Gasteiger partial charge < -0.3 is 148 Å². The molecule has 0 amide bonds. The zero-order valence-electron chi connectivity index (χ0n) is 42.0. The van der Waals surface area contributed by atoms with E-state index in [1.165, 1.54) is 0 Å². The predicted octanol–water partition coefficient (Wildman–Crippen LogP) is -11.4. The highest BCUT2D eigenvalue weighted by molar-refractivity contribution is 3.23. The molecule has 29 nitrogen and oxygen atoms in total. The molecule has 29 N–H and O–H groups in total. The van der Waals surface area contributed by atoms with Crippen LogP contribution in [0.2, 0.25) is 0 Å². The van der Waals surface area contributed by atoms with Gasteiger partial charge in [0.2, 0.25) is 0 Å². The first kappa shape index (κ1) is 229. The molecule has 0 unspecified atom stereocenters. The standard InChI is InChI=1S/29CH4O/c29*1-2/h29*2H,1H3. The molecule has 29 heteroatoms. The van der Waals surface area contributed by atoms with Gasteiger partial charge in [-0.2, -0.15) is 0 Å². The van der Waals surface area contributed by atoms with Gasteiger partial charge in [-0.3, -0.25) is 0 Å². The zero-order chi connectivity index (χ0) is 58.0. The molecule has 0 aromatic rings. The molecule has 0 aliphatic rings. The Bertz CT molecular complexity index is 58.0. The van der Waals surface area contributed by atoms with Crippen molar-refractivity contribution in [3.8, 4) is 0 Å². The molecule has 0 aliphatic carbocycles. The van der Waals surface area contributed by atoms with Crippen molar-refractivity contribution in [3.05, 3.63) is 0 Å². The summed E-state index contributed by atoms with van der Waals surface area (Å²) in [7, 11) is 29.0. The number of hydrogen-bond acceptors (Lipinski definition) is 29. The second-order valence-electron chi connectivity index (χ2n) is 0. The Balaban J connectivity index is -0.00000000556. The molecule has 0 radical (unpaired) electrons. The third-order valence-corrected chi connectivity index (χ3v) is 0. The lowest BCUT2D eigenvalue weighted by Gasteiger charge is -1.21. The third kappa shape index (κ3) is 118000. The molecule has 406 valence electrons. The van der Waals surface area contributed by atoms with E-state index in [0.717, 1.165) is 206 Å². The number of rotatable bonds is 0. The van der Waals surface area contributed by atoms with Gasteiger partial charge in [-0.15, -0.1) is 0 Å². The molecule has 0 saturated carbocycles. The molecule has 0 heterocycles. The molecular formula is C29H116O29. The Morgan fingerprint density at radius 1 is 0.0517 bits per heavy atom. The summed E-state index contributed by atoms with van der Waals surface area (Å²) in [6.45, 7) is 0. The van der Waals surface area contributed by atoms with Crippen molar-refractivity contribution in [1.29, 1.82) is 0 Å². The van der Waals surface area contributed by atoms with Crippen molar-refractivity contribution in [1.82, 2.24) is 0 Å². The smallest absolute Gasteiger partial charge is 0.0319 e. The quantitative estimate of drug-likeness (QED) is 0.107. The van der Waals surface area contributed by atoms with E-state index < -0.39 is 0 Å². The van der Waals surface area contributed by atoms with Crippen LogP contribution >= 0.6 is 0 Å². The van der Waals surface area contributed by atoms with Crippen molar-refractivity contribution in [3.63, 3.8) is 0 Å². The largest absolute Gasteiger partial charge is 0.400 e. The molecule has 0 bridgehead atoms. The van der Waals surface area contributed by atoms with Gasteiger partial charge >= 0.3 is 0 Å². The van der Waals surface area contributed by atoms with Crippen molar-refractivity contribution >= 4 is 0 Å². The van der Waals surface area contributed by atoms with Crippen LogP contribution < -0.4 is 0 Å². The van der Waals surface area contributed by atoms with Crippen molar-refractivity contribution in [2.24, 2.45) is 0 Å². The van der Waals surface area contributed by atoms with E-state index in [-0.39, 0.29) is 0 Å². The lowest BCUT2D eigenvalue weighted by atomic mass is 11.8. The maximum absolute atomic E-state index is 7.00. The molecular weight excluding hydrogens is 812 g/mol. The minimum Gasteiger partial charge on any atom is -0.400 e. The number of aliphatic hydroxyl groups excluding tert-OH is 29. The Hall–Kier alpha value is -1.16. The molecule has 0 fully saturated rings. The molecule has 0 aliphatic heterocycles. The van der Waals surface area contributed by atoms with E-state index in [4.69, 9.17) is 148 Å². The van der Waals surface area contributed by atoms with Crippen LogP contribution in [0.1, 0.15) is 0 Å². The van der Waals surface area contributed by atoms with E-state index in [9.17, 15) is 0 Å². The van der Waals surface area contributed by atoms with Crippen LogP contribution in [0.15, 0.2) is 0 Å². The van der Waals surface area contributed by atoms with Crippen molar-refractivity contribution < 1.29 is 148 Å². The maximum atomic E-state index is 7.00. The van der Waals surface area contributed by atoms with Gasteiger partial charge in [0.05, 0.1) is 0 Å². The average molecular weight is 929 g/mol. The monoisotopic (exact) mass is 929 g/mol. The Kier molecular flexibility index (Phi) is 492000. The zero-order valence-corrected chi connectivity index (χ0v) is 42.0. The molecule has 0 rings (SSSR count). The van der Waals surface area contributed by atoms with E-state index >= 15 is 0 Å². The van der Waals surface area contributed by atoms with Crippen LogP contribution in [-0.2, 0) is 0 Å². The van der Waals surface area contributed by atoms with Crippen LogP contribution in [0, 0.1) is 0 Å². The molecule has 0 spiro atoms. The van der Waals surface area contributed by atoms with Crippen LogP contribution in [0.4, 0.5) is 0 Å². The normalized spacial score (nSPS) is 3.00. The summed E-state index contributed by atoms with van der Waals surface area (Å²) in [6, 6.07) is 0. The van der Waals surface area contributed by atoms with Gasteiger partial charge in [0.25, 0.3) is 0 Å². The fourth-order valence-corrected chi connectivity index (χ4v) is 0. The average Bonchev–Trinajstić information content (AvgIpc) is 3.48. The second kappa shape index (κ2) is 125000. The van der Waals surface area contributed by atoms with Crippen LogP contribution in [0.3, 0.4) is 0 Å². The van der Waals surface area contributed by atoms with E-state index in [1.54, 1.807) is 0 Å². The summed E-state index contributed by atoms with van der Waals surface area (Å²) in [5.41, 5.74) is 0. The fourth-order valence-electron chi connectivity index (χ4n) is 0. The van der Waals surface area contributed by atoms with E-state index in [0.29, 0.717) is 0 Å². The highest BCUT2D eigenvalue weighted by atomic mass is 16.3. The van der Waals surface area contributed by atoms with Gasteiger partial charge in [0.15, 0.2) is 0 Å². The van der Waals surface area contributed by atoms with Crippen LogP contribution in [-0.4, -0.2) is 354 Å². The van der Waals surface area contributed by atoms with Gasteiger partial charge in [-0.1, -0.05) is 0 Å². The van der Waals surface area contributed by atoms with Crippen molar-refractivity contribution in [2.75, 3.05) is 206 Å². The number of hydrogen-bond donors (Lipinski definition) is 29. The van der Waals surface area contributed by atoms with E-state index in [2.05, 4.69) is 0 Å². The Labute approximate surface area is 354 Å². The summed E-state index contributed by atoms with van der Waals surface area (Å²) in [5.74, 6) is 0. The molecule has 0 atom stereocenters. The second-order valence-corrected chi connectivity index (χ2v) is 0. The van der Waals surface area contributed by atoms with Crippen LogP contribution in [0.5, 0.6) is 0 Å². The first-order valence-corrected chi connectivity index (χ1v) is 13.0. The minimum atomic E-state index is 1.00. The SMILES string of the molecule is CO.CO.CO.CO.CO.CO.CO.CO.CO.CO.CO.CO.CO.CO.CO.CO.CO.CO.CO.CO.CO.CO.CO.CO.CO.CO.CO.CO.CO. The third-order valence-electron chi connectivity index (χ3n) is 0. The summed E-state index contributed by atoms with van der Waals surface area (Å²) < 4.78 is 0. The topological polar surface area (TPSA) is 587 Å². The van der Waals surface area contributed by atoms with Gasteiger partial charge in [-0.25, -0.2) is 0 Å². The summed E-state index contributed by atoms with van der Waals surface area (Å²) in [4.78, 5) is 0. The summed E-state index contributed by atoms with van der Waals surface area (Å²) >= 11 is 0. The molecule has 0 aromatic carbocycles. The molecule has 0 aromatic heterocycles. The first-order valence-electron chi connectivity index (χ1n) is 13.0. The van der Waals surface area contributed by atoms with Crippen LogP contribution in [0.25, 0.3) is 0 Å². The number of aliphatic hydroxyl groups is 29. The van der Waals surface area contributed by atoms with Gasteiger partial charge in [-0.05, 0) is 0 Å². The minimum absolute atomic E-state index is 1.00. The van der Waals surface area contributed by atoms with E-state index in [1.807, 2.05) is 0 Å². The fraction of sp³-hybridized carbons (Fsp3) is 1.00. The molecule has 0 saturated heterocycles. The Morgan fingerprint density at radius 3 is 0.0517 bits per heavy atom. The first-order chi connectivity index (χ1) is 29.0.